The van der Waals surface area contributed by atoms with Crippen molar-refractivity contribution in [1.82, 2.24) is 4.98 Å². The van der Waals surface area contributed by atoms with Gasteiger partial charge in [0.15, 0.2) is 5.78 Å². The zero-order valence-electron chi connectivity index (χ0n) is 10.00. The van der Waals surface area contributed by atoms with Gasteiger partial charge in [-0.3, -0.25) is 9.78 Å². The Morgan fingerprint density at radius 3 is 2.61 bits per heavy atom. The minimum atomic E-state index is -0.757. The fraction of sp³-hybridized carbons (Fsp3) is 0.133. The molecular formula is C15H12N2O. The van der Waals surface area contributed by atoms with Gasteiger partial charge < -0.3 is 0 Å². The summed E-state index contributed by atoms with van der Waals surface area (Å²) in [6.07, 6.45) is 3.11. The molecule has 0 aliphatic heterocycles. The molecule has 2 rings (SSSR count). The van der Waals surface area contributed by atoms with E-state index in [1.165, 1.54) is 0 Å². The average Bonchev–Trinajstić information content (AvgIpc) is 2.40. The van der Waals surface area contributed by atoms with E-state index in [2.05, 4.69) is 11.1 Å². The summed E-state index contributed by atoms with van der Waals surface area (Å²) in [7, 11) is 0. The molecule has 0 spiro atoms. The Morgan fingerprint density at radius 2 is 2.00 bits per heavy atom. The highest BCUT2D eigenvalue weighted by atomic mass is 16.1. The maximum atomic E-state index is 12.2. The van der Waals surface area contributed by atoms with E-state index in [0.29, 0.717) is 5.56 Å². The maximum Gasteiger partial charge on any atom is 0.184 e. The number of nitrogens with zero attached hydrogens (tertiary/aromatic N) is 2. The normalized spacial score (nSPS) is 11.6. The number of hydrogen-bond acceptors (Lipinski definition) is 3. The molecule has 1 unspecified atom stereocenters. The third kappa shape index (κ3) is 2.44. The van der Waals surface area contributed by atoms with Gasteiger partial charge in [0.2, 0.25) is 0 Å². The van der Waals surface area contributed by atoms with Crippen LogP contribution in [-0.4, -0.2) is 10.8 Å². The molecule has 88 valence electrons. The van der Waals surface area contributed by atoms with E-state index in [1.54, 1.807) is 30.6 Å². The second-order valence-electron chi connectivity index (χ2n) is 4.08. The van der Waals surface area contributed by atoms with Crippen molar-refractivity contribution in [3.8, 4) is 6.07 Å². The Kier molecular flexibility index (Phi) is 3.49. The lowest BCUT2D eigenvalue weighted by Gasteiger charge is -2.09. The predicted molar refractivity (Wildman–Crippen MR) is 68.1 cm³/mol. The molecule has 0 bridgehead atoms. The fourth-order valence-corrected chi connectivity index (χ4v) is 1.82. The van der Waals surface area contributed by atoms with E-state index < -0.39 is 5.92 Å². The molecule has 2 aromatic rings. The summed E-state index contributed by atoms with van der Waals surface area (Å²) >= 11 is 0. The molecule has 3 nitrogen and oxygen atoms in total. The van der Waals surface area contributed by atoms with Crippen molar-refractivity contribution in [2.75, 3.05) is 0 Å². The van der Waals surface area contributed by atoms with Crippen molar-refractivity contribution in [3.63, 3.8) is 0 Å². The summed E-state index contributed by atoms with van der Waals surface area (Å²) in [6.45, 7) is 1.94. The summed E-state index contributed by atoms with van der Waals surface area (Å²) in [5.74, 6) is -0.946. The zero-order valence-corrected chi connectivity index (χ0v) is 10.00. The van der Waals surface area contributed by atoms with Gasteiger partial charge in [-0.1, -0.05) is 29.8 Å². The van der Waals surface area contributed by atoms with Crippen molar-refractivity contribution in [1.29, 1.82) is 5.26 Å². The fourth-order valence-electron chi connectivity index (χ4n) is 1.82. The molecule has 3 heteroatoms. The number of carbonyl (C=O) groups is 1. The molecular weight excluding hydrogens is 224 g/mol. The highest BCUT2D eigenvalue weighted by molar-refractivity contribution is 6.02. The quantitative estimate of drug-likeness (QED) is 0.770. The first-order valence-corrected chi connectivity index (χ1v) is 5.63. The largest absolute Gasteiger partial charge is 0.292 e. The van der Waals surface area contributed by atoms with Crippen LogP contribution in [0.5, 0.6) is 0 Å². The molecule has 0 saturated heterocycles. The number of nitriles is 1. The van der Waals surface area contributed by atoms with Crippen LogP contribution in [0, 0.1) is 18.3 Å². The summed E-state index contributed by atoms with van der Waals surface area (Å²) in [5, 5.41) is 9.22. The van der Waals surface area contributed by atoms with E-state index in [-0.39, 0.29) is 5.78 Å². The second-order valence-corrected chi connectivity index (χ2v) is 4.08. The Labute approximate surface area is 106 Å². The number of ketones is 1. The molecule has 18 heavy (non-hydrogen) atoms. The molecule has 0 saturated carbocycles. The lowest BCUT2D eigenvalue weighted by Crippen LogP contribution is -2.11. The van der Waals surface area contributed by atoms with E-state index >= 15 is 0 Å². The zero-order chi connectivity index (χ0) is 13.0. The summed E-state index contributed by atoms with van der Waals surface area (Å²) in [6, 6.07) is 12.8. The van der Waals surface area contributed by atoms with Crippen LogP contribution in [0.15, 0.2) is 48.8 Å². The van der Waals surface area contributed by atoms with Gasteiger partial charge in [0.05, 0.1) is 6.07 Å². The lowest BCUT2D eigenvalue weighted by molar-refractivity contribution is 0.0979. The molecule has 1 heterocycles. The standard InChI is InChI=1S/C15H12N2O/c1-11-3-2-4-13(9-11)14(10-16)15(18)12-5-7-17-8-6-12/h2-9,14H,1H3. The Bertz CT molecular complexity index is 599. The number of benzene rings is 1. The number of carbonyl (C=O) groups excluding carboxylic acids is 1. The summed E-state index contributed by atoms with van der Waals surface area (Å²) in [4.78, 5) is 16.1. The number of pyridine rings is 1. The van der Waals surface area contributed by atoms with Gasteiger partial charge in [0.1, 0.15) is 5.92 Å². The topological polar surface area (TPSA) is 53.8 Å². The number of Topliss-reactive ketones (excluding diaryl/α,β-unsaturated/α-hetero) is 1. The highest BCUT2D eigenvalue weighted by Gasteiger charge is 2.21. The third-order valence-electron chi connectivity index (χ3n) is 2.73. The van der Waals surface area contributed by atoms with Crippen molar-refractivity contribution in [2.45, 2.75) is 12.8 Å². The number of aryl methyl sites for hydroxylation is 1. The first-order chi connectivity index (χ1) is 8.72. The monoisotopic (exact) mass is 236 g/mol. The molecule has 0 fully saturated rings. The first kappa shape index (κ1) is 12.0. The number of aromatic nitrogens is 1. The first-order valence-electron chi connectivity index (χ1n) is 5.63. The summed E-state index contributed by atoms with van der Waals surface area (Å²) < 4.78 is 0. The van der Waals surface area contributed by atoms with Gasteiger partial charge in [-0.25, -0.2) is 0 Å². The lowest BCUT2D eigenvalue weighted by atomic mass is 9.91. The smallest absolute Gasteiger partial charge is 0.184 e. The van der Waals surface area contributed by atoms with Crippen molar-refractivity contribution >= 4 is 5.78 Å². The van der Waals surface area contributed by atoms with Crippen LogP contribution in [0.3, 0.4) is 0 Å². The third-order valence-corrected chi connectivity index (χ3v) is 2.73. The SMILES string of the molecule is Cc1cccc(C(C#N)C(=O)c2ccncc2)c1. The number of rotatable bonds is 3. The van der Waals surface area contributed by atoms with Crippen LogP contribution in [-0.2, 0) is 0 Å². The van der Waals surface area contributed by atoms with Gasteiger partial charge in [-0.05, 0) is 24.6 Å². The predicted octanol–water partition coefficient (Wildman–Crippen LogP) is 2.88. The van der Waals surface area contributed by atoms with Gasteiger partial charge in [0, 0.05) is 18.0 Å². The van der Waals surface area contributed by atoms with Crippen LogP contribution in [0.4, 0.5) is 0 Å². The van der Waals surface area contributed by atoms with Crippen LogP contribution < -0.4 is 0 Å². The molecule has 1 atom stereocenters. The molecule has 1 aromatic heterocycles. The van der Waals surface area contributed by atoms with Gasteiger partial charge >= 0.3 is 0 Å². The average molecular weight is 236 g/mol. The van der Waals surface area contributed by atoms with Crippen LogP contribution in [0.2, 0.25) is 0 Å². The van der Waals surface area contributed by atoms with Gasteiger partial charge in [-0.2, -0.15) is 5.26 Å². The van der Waals surface area contributed by atoms with Gasteiger partial charge in [-0.15, -0.1) is 0 Å². The molecule has 0 aliphatic rings. The molecule has 1 aromatic carbocycles. The van der Waals surface area contributed by atoms with E-state index in [0.717, 1.165) is 11.1 Å². The van der Waals surface area contributed by atoms with Crippen LogP contribution in [0.1, 0.15) is 27.4 Å². The molecule has 0 amide bonds. The van der Waals surface area contributed by atoms with Crippen molar-refractivity contribution in [2.24, 2.45) is 0 Å². The van der Waals surface area contributed by atoms with Gasteiger partial charge in [0.25, 0.3) is 0 Å². The Balaban J connectivity index is 2.36. The highest BCUT2D eigenvalue weighted by Crippen LogP contribution is 2.21. The van der Waals surface area contributed by atoms with Crippen LogP contribution >= 0.6 is 0 Å². The van der Waals surface area contributed by atoms with E-state index in [4.69, 9.17) is 0 Å². The summed E-state index contributed by atoms with van der Waals surface area (Å²) in [5.41, 5.74) is 2.28. The Hall–Kier alpha value is -2.47. The second kappa shape index (κ2) is 5.24. The minimum Gasteiger partial charge on any atom is -0.292 e. The van der Waals surface area contributed by atoms with E-state index in [9.17, 15) is 10.1 Å². The van der Waals surface area contributed by atoms with Crippen molar-refractivity contribution < 1.29 is 4.79 Å². The minimum absolute atomic E-state index is 0.189. The van der Waals surface area contributed by atoms with E-state index in [1.807, 2.05) is 25.1 Å². The molecule has 0 aliphatic carbocycles. The Morgan fingerprint density at radius 1 is 1.28 bits per heavy atom. The molecule has 0 radical (unpaired) electrons. The van der Waals surface area contributed by atoms with Crippen LogP contribution in [0.25, 0.3) is 0 Å². The maximum absolute atomic E-state index is 12.2. The van der Waals surface area contributed by atoms with Crippen molar-refractivity contribution in [3.05, 3.63) is 65.5 Å². The number of hydrogen-bond donors (Lipinski definition) is 0. The molecule has 0 N–H and O–H groups in total.